The summed E-state index contributed by atoms with van der Waals surface area (Å²) in [6.45, 7) is 8.92. The minimum Gasteiger partial charge on any atom is -0.391 e. The summed E-state index contributed by atoms with van der Waals surface area (Å²) in [6.07, 6.45) is -2.10. The second kappa shape index (κ2) is 38.9. The number of rotatable bonds is 28. The van der Waals surface area contributed by atoms with Gasteiger partial charge in [0, 0.05) is 19.4 Å². The van der Waals surface area contributed by atoms with Crippen molar-refractivity contribution in [3.8, 4) is 0 Å². The van der Waals surface area contributed by atoms with Gasteiger partial charge in [-0.05, 0) is 115 Å². The van der Waals surface area contributed by atoms with Gasteiger partial charge in [-0.1, -0.05) is 70.9 Å². The van der Waals surface area contributed by atoms with E-state index < -0.39 is 151 Å². The van der Waals surface area contributed by atoms with Gasteiger partial charge in [0.1, 0.15) is 60.4 Å². The second-order valence-corrected chi connectivity index (χ2v) is 21.9. The Morgan fingerprint density at radius 1 is 0.536 bits per heavy atom. The van der Waals surface area contributed by atoms with Crippen molar-refractivity contribution in [3.05, 3.63) is 35.9 Å². The molecule has 474 valence electrons. The van der Waals surface area contributed by atoms with E-state index in [2.05, 4.69) is 72.3 Å². The molecule has 0 radical (unpaired) electrons. The summed E-state index contributed by atoms with van der Waals surface area (Å²) < 4.78 is 0. The maximum absolute atomic E-state index is 14.5. The van der Waals surface area contributed by atoms with Crippen LogP contribution in [-0.2, 0) is 59.2 Å². The largest absolute Gasteiger partial charge is 0.391 e. The number of aliphatic hydroxyl groups is 2. The molecule has 3 unspecified atom stereocenters. The molecule has 0 saturated carbocycles. The van der Waals surface area contributed by atoms with Crippen LogP contribution in [0.3, 0.4) is 0 Å². The van der Waals surface area contributed by atoms with Crippen molar-refractivity contribution in [2.45, 2.75) is 191 Å². The normalized spacial score (nSPS) is 22.7. The second-order valence-electron chi connectivity index (χ2n) is 21.9. The molecule has 0 aromatic heterocycles. The molecule has 1 fully saturated rings. The van der Waals surface area contributed by atoms with Gasteiger partial charge in [-0.25, -0.2) is 0 Å². The van der Waals surface area contributed by atoms with Gasteiger partial charge in [-0.15, -0.1) is 0 Å². The number of nitrogens with one attached hydrogen (secondary N) is 11. The van der Waals surface area contributed by atoms with E-state index in [0.717, 1.165) is 12.8 Å². The molecule has 12 atom stereocenters. The third kappa shape index (κ3) is 26.4. The van der Waals surface area contributed by atoms with Crippen LogP contribution in [0.5, 0.6) is 0 Å². The molecule has 1 aliphatic heterocycles. The van der Waals surface area contributed by atoms with E-state index >= 15 is 0 Å². The van der Waals surface area contributed by atoms with Crippen LogP contribution in [-0.4, -0.2) is 187 Å². The lowest BCUT2D eigenvalue weighted by atomic mass is 10.00. The van der Waals surface area contributed by atoms with Crippen LogP contribution in [0, 0.1) is 11.8 Å². The van der Waals surface area contributed by atoms with Crippen molar-refractivity contribution in [1.29, 1.82) is 0 Å². The molecule has 1 aromatic rings. The summed E-state index contributed by atoms with van der Waals surface area (Å²) in [7, 11) is 0. The Bertz CT molecular complexity index is 2290. The van der Waals surface area contributed by atoms with Gasteiger partial charge in [0.05, 0.1) is 12.2 Å². The van der Waals surface area contributed by atoms with Crippen LogP contribution in [0.4, 0.5) is 0 Å². The van der Waals surface area contributed by atoms with Gasteiger partial charge in [0.2, 0.25) is 65.0 Å². The van der Waals surface area contributed by atoms with Crippen LogP contribution >= 0.6 is 0 Å². The molecule has 2 rings (SSSR count). The Morgan fingerprint density at radius 2 is 1.02 bits per heavy atom. The van der Waals surface area contributed by atoms with Crippen LogP contribution < -0.4 is 87.2 Å². The Labute approximate surface area is 491 Å². The van der Waals surface area contributed by atoms with Crippen LogP contribution in [0.25, 0.3) is 0 Å². The quantitative estimate of drug-likeness (QED) is 0.0348. The van der Waals surface area contributed by atoms with Crippen molar-refractivity contribution < 1.29 is 63.0 Å². The molecule has 1 heterocycles. The number of hydrogen-bond acceptors (Lipinski definition) is 18. The summed E-state index contributed by atoms with van der Waals surface area (Å²) in [5.41, 5.74) is 29.9. The molecular weight excluding hydrogens is 1090 g/mol. The molecule has 11 amide bonds. The minimum atomic E-state index is -1.70. The average molecular weight is 1190 g/mol. The third-order valence-corrected chi connectivity index (χ3v) is 13.6. The number of carbonyl (C=O) groups excluding carboxylic acids is 11. The number of aliphatic hydroxyl groups excluding tert-OH is 2. The van der Waals surface area contributed by atoms with Crippen molar-refractivity contribution >= 4 is 65.0 Å². The summed E-state index contributed by atoms with van der Waals surface area (Å²) in [6, 6.07) is -6.23. The zero-order valence-electron chi connectivity index (χ0n) is 49.5. The molecule has 84 heavy (non-hydrogen) atoms. The topological polar surface area (TPSA) is 491 Å². The number of hydrogen-bond donors (Lipinski definition) is 18. The molecule has 23 N–H and O–H groups in total. The highest BCUT2D eigenvalue weighted by Crippen LogP contribution is 2.12. The van der Waals surface area contributed by atoms with Crippen molar-refractivity contribution in [1.82, 2.24) is 58.5 Å². The summed E-state index contributed by atoms with van der Waals surface area (Å²) in [4.78, 5) is 154. The summed E-state index contributed by atoms with van der Waals surface area (Å²) in [5, 5.41) is 49.6. The van der Waals surface area contributed by atoms with Crippen LogP contribution in [0.15, 0.2) is 30.3 Å². The third-order valence-electron chi connectivity index (χ3n) is 13.6. The fraction of sp³-hybridized carbons (Fsp3) is 0.691. The molecule has 29 heteroatoms. The molecule has 29 nitrogen and oxygen atoms in total. The van der Waals surface area contributed by atoms with Crippen molar-refractivity contribution in [2.24, 2.45) is 40.5 Å². The first-order valence-corrected chi connectivity index (χ1v) is 29.0. The number of nitrogens with two attached hydrogens (primary N) is 5. The van der Waals surface area contributed by atoms with Crippen LogP contribution in [0.1, 0.15) is 118 Å². The van der Waals surface area contributed by atoms with Crippen molar-refractivity contribution in [3.63, 3.8) is 0 Å². The van der Waals surface area contributed by atoms with E-state index in [1.807, 2.05) is 0 Å². The predicted octanol–water partition coefficient (Wildman–Crippen LogP) is -5.63. The molecule has 1 saturated heterocycles. The standard InChI is InChI=1S/C55H96N16O13/c1-30(2)12-10-11-15-43(74)62-35(16-22-56)50(79)71-45(33(6)73)55(84)67-38(19-25-59)47(76)66-40-21-27-61-54(83)44(32(5)72)70-51(80)39(20-26-60)64-46(75)36(17-23-57)65-52(81)41(28-31(3)4)68-53(82)42(29-34-13-8-7-9-14-34)69-48(77)37(18-24-58)63-49(40)78/h7-9,13-14,30-33,35-42,44-45,72-73H,10-12,15-29,56-60H2,1-6H3,(H,61,83)(H,62,74)(H,63,78)(H,64,75)(H,65,81)(H,66,76)(H,67,84)(H,68,82)(H,69,77)(H,70,80)(H,71,79)/t32-,33-,35+,36+,37?,38+,39+,40?,41+,42-,44?,45+/m1/s1. The lowest BCUT2D eigenvalue weighted by Gasteiger charge is -2.29. The van der Waals surface area contributed by atoms with E-state index in [0.29, 0.717) is 17.9 Å². The highest BCUT2D eigenvalue weighted by molar-refractivity contribution is 5.99. The van der Waals surface area contributed by atoms with Crippen molar-refractivity contribution in [2.75, 3.05) is 39.3 Å². The van der Waals surface area contributed by atoms with Gasteiger partial charge < -0.3 is 97.4 Å². The molecule has 1 aromatic carbocycles. The van der Waals surface area contributed by atoms with Gasteiger partial charge in [-0.3, -0.25) is 52.7 Å². The van der Waals surface area contributed by atoms with E-state index in [4.69, 9.17) is 28.7 Å². The Hall–Kier alpha value is -6.89. The van der Waals surface area contributed by atoms with Gasteiger partial charge in [-0.2, -0.15) is 0 Å². The molecule has 0 spiro atoms. The highest BCUT2D eigenvalue weighted by Gasteiger charge is 2.37. The average Bonchev–Trinajstić information content (AvgIpc) is 3.63. The smallest absolute Gasteiger partial charge is 0.245 e. The highest BCUT2D eigenvalue weighted by atomic mass is 16.3. The zero-order valence-corrected chi connectivity index (χ0v) is 49.5. The lowest BCUT2D eigenvalue weighted by Crippen LogP contribution is -2.62. The van der Waals surface area contributed by atoms with Gasteiger partial charge in [0.15, 0.2) is 0 Å². The number of unbranched alkanes of at least 4 members (excludes halogenated alkanes) is 1. The Morgan fingerprint density at radius 3 is 1.52 bits per heavy atom. The predicted molar refractivity (Wildman–Crippen MR) is 312 cm³/mol. The van der Waals surface area contributed by atoms with E-state index in [1.165, 1.54) is 13.8 Å². The number of carbonyl (C=O) groups is 11. The number of benzene rings is 1. The summed E-state index contributed by atoms with van der Waals surface area (Å²) >= 11 is 0. The SMILES string of the molecule is CC(C)CCCCC(=O)N[C@@H](CCN)C(=O)N[C@H](C(=O)N[C@@H](CCN)C(=O)NC1CCNC(=O)C([C@@H](C)O)NC(=O)[C@H](CCN)NC(=O)[C@H](CCN)NC(=O)[C@H](CC(C)C)NC(=O)[C@@H](Cc2ccccc2)NC(=O)C(CCN)NC1=O)[C@@H](C)O. The molecule has 1 aliphatic rings. The van der Waals surface area contributed by atoms with Crippen LogP contribution in [0.2, 0.25) is 0 Å². The first-order chi connectivity index (χ1) is 39.8. The Balaban J connectivity index is 2.69. The van der Waals surface area contributed by atoms with E-state index in [9.17, 15) is 63.0 Å². The first kappa shape index (κ1) is 73.2. The summed E-state index contributed by atoms with van der Waals surface area (Å²) in [5.74, 6) is -9.52. The maximum atomic E-state index is 14.5. The number of amides is 11. The maximum Gasteiger partial charge on any atom is 0.245 e. The van der Waals surface area contributed by atoms with E-state index in [-0.39, 0.29) is 90.0 Å². The fourth-order valence-electron chi connectivity index (χ4n) is 8.98. The monoisotopic (exact) mass is 1190 g/mol. The van der Waals surface area contributed by atoms with E-state index in [1.54, 1.807) is 44.2 Å². The fourth-order valence-corrected chi connectivity index (χ4v) is 8.98. The van der Waals surface area contributed by atoms with Gasteiger partial charge in [0.25, 0.3) is 0 Å². The Kier molecular flexibility index (Phi) is 33.9. The first-order valence-electron chi connectivity index (χ1n) is 29.0. The minimum absolute atomic E-state index is 0.0181. The molecule has 0 bridgehead atoms. The lowest BCUT2D eigenvalue weighted by molar-refractivity contribution is -0.137. The molecule has 0 aliphatic carbocycles. The molecular formula is C55H96N16O13. The zero-order chi connectivity index (χ0) is 63.1. The van der Waals surface area contributed by atoms with Gasteiger partial charge >= 0.3 is 0 Å².